The maximum atomic E-state index is 6.22. The molecule has 14 heavy (non-hydrogen) atoms. The van der Waals surface area contributed by atoms with Gasteiger partial charge in [0, 0.05) is 22.8 Å². The van der Waals surface area contributed by atoms with Crippen molar-refractivity contribution < 1.29 is 0 Å². The van der Waals surface area contributed by atoms with Crippen molar-refractivity contribution in [2.45, 2.75) is 44.6 Å². The molecule has 2 N–H and O–H groups in total. The van der Waals surface area contributed by atoms with E-state index in [0.717, 1.165) is 0 Å². The highest BCUT2D eigenvalue weighted by molar-refractivity contribution is 5.33. The van der Waals surface area contributed by atoms with Crippen LogP contribution in [0.25, 0.3) is 0 Å². The summed E-state index contributed by atoms with van der Waals surface area (Å²) in [4.78, 5) is 4.46. The number of aromatic nitrogens is 1. The molecule has 0 aromatic carbocycles. The fourth-order valence-corrected chi connectivity index (χ4v) is 2.15. The summed E-state index contributed by atoms with van der Waals surface area (Å²) < 4.78 is 0. The summed E-state index contributed by atoms with van der Waals surface area (Å²) in [5.74, 6) is 0. The Morgan fingerprint density at radius 2 is 2.07 bits per heavy atom. The van der Waals surface area contributed by atoms with Crippen LogP contribution in [0.15, 0.2) is 18.3 Å². The van der Waals surface area contributed by atoms with Crippen LogP contribution < -0.4 is 5.73 Å². The molecule has 1 saturated carbocycles. The first kappa shape index (κ1) is 9.66. The largest absolute Gasteiger partial charge is 0.325 e. The Balaban J connectivity index is 2.41. The second-order valence-corrected chi connectivity index (χ2v) is 5.02. The molecule has 0 atom stereocenters. The first-order chi connectivity index (χ1) is 6.46. The number of nitrogens with two attached hydrogens (primary N) is 1. The number of hydrogen-bond acceptors (Lipinski definition) is 2. The van der Waals surface area contributed by atoms with E-state index in [2.05, 4.69) is 31.8 Å². The summed E-state index contributed by atoms with van der Waals surface area (Å²) >= 11 is 0. The van der Waals surface area contributed by atoms with Crippen LogP contribution >= 0.6 is 0 Å². The lowest BCUT2D eigenvalue weighted by Crippen LogP contribution is -2.45. The van der Waals surface area contributed by atoms with Gasteiger partial charge in [-0.2, -0.15) is 0 Å². The number of aryl methyl sites for hydroxylation is 1. The zero-order valence-corrected chi connectivity index (χ0v) is 9.17. The van der Waals surface area contributed by atoms with Gasteiger partial charge in [-0.15, -0.1) is 0 Å². The molecule has 1 aliphatic rings. The van der Waals surface area contributed by atoms with Crippen molar-refractivity contribution in [1.82, 2.24) is 4.98 Å². The quantitative estimate of drug-likeness (QED) is 0.776. The zero-order valence-electron chi connectivity index (χ0n) is 9.17. The summed E-state index contributed by atoms with van der Waals surface area (Å²) in [6.07, 6.45) is 4.23. The molecule has 0 aliphatic heterocycles. The van der Waals surface area contributed by atoms with Crippen molar-refractivity contribution in [3.05, 3.63) is 29.6 Å². The minimum Gasteiger partial charge on any atom is -0.325 e. The Morgan fingerprint density at radius 3 is 2.50 bits per heavy atom. The minimum absolute atomic E-state index is 0.138. The van der Waals surface area contributed by atoms with Crippen molar-refractivity contribution in [1.29, 1.82) is 0 Å². The third-order valence-corrected chi connectivity index (χ3v) is 3.39. The fraction of sp³-hybridized carbons (Fsp3) is 0.583. The second-order valence-electron chi connectivity index (χ2n) is 5.02. The monoisotopic (exact) mass is 190 g/mol. The van der Waals surface area contributed by atoms with E-state index in [4.69, 9.17) is 5.73 Å². The Kier molecular flexibility index (Phi) is 1.93. The average molecular weight is 190 g/mol. The lowest BCUT2D eigenvalue weighted by molar-refractivity contribution is 0.384. The van der Waals surface area contributed by atoms with Gasteiger partial charge in [0.2, 0.25) is 0 Å². The molecule has 1 aliphatic carbocycles. The molecular weight excluding hydrogens is 172 g/mol. The SMILES string of the molecule is Cc1ccnc(C2(C(C)(C)N)CC2)c1. The maximum Gasteiger partial charge on any atom is 0.0486 e. The predicted molar refractivity (Wildman–Crippen MR) is 58.2 cm³/mol. The normalized spacial score (nSPS) is 19.4. The summed E-state index contributed by atoms with van der Waals surface area (Å²) in [5, 5.41) is 0. The minimum atomic E-state index is -0.159. The Hall–Kier alpha value is -0.890. The van der Waals surface area contributed by atoms with Crippen molar-refractivity contribution in [3.63, 3.8) is 0 Å². The standard InChI is InChI=1S/C12H18N2/c1-9-4-7-14-10(8-9)12(5-6-12)11(2,3)13/h4,7-8H,5-6,13H2,1-3H3. The molecule has 76 valence electrons. The van der Waals surface area contributed by atoms with Gasteiger partial charge in [0.1, 0.15) is 0 Å². The van der Waals surface area contributed by atoms with E-state index in [-0.39, 0.29) is 11.0 Å². The number of hydrogen-bond donors (Lipinski definition) is 1. The summed E-state index contributed by atoms with van der Waals surface area (Å²) in [5.41, 5.74) is 8.64. The third kappa shape index (κ3) is 1.34. The molecule has 0 radical (unpaired) electrons. The molecule has 0 saturated heterocycles. The van der Waals surface area contributed by atoms with Gasteiger partial charge in [-0.3, -0.25) is 4.98 Å². The summed E-state index contributed by atoms with van der Waals surface area (Å²) in [6.45, 7) is 6.30. The van der Waals surface area contributed by atoms with Crippen molar-refractivity contribution in [2.24, 2.45) is 5.73 Å². The lowest BCUT2D eigenvalue weighted by atomic mass is 9.82. The summed E-state index contributed by atoms with van der Waals surface area (Å²) in [6, 6.07) is 4.20. The third-order valence-electron chi connectivity index (χ3n) is 3.39. The van der Waals surface area contributed by atoms with Gasteiger partial charge in [0.05, 0.1) is 0 Å². The van der Waals surface area contributed by atoms with E-state index in [1.807, 2.05) is 12.3 Å². The molecule has 2 nitrogen and oxygen atoms in total. The Labute approximate surface area is 85.5 Å². The highest BCUT2D eigenvalue weighted by Crippen LogP contribution is 2.53. The van der Waals surface area contributed by atoms with E-state index in [9.17, 15) is 0 Å². The maximum absolute atomic E-state index is 6.22. The van der Waals surface area contributed by atoms with Gasteiger partial charge >= 0.3 is 0 Å². The second kappa shape index (κ2) is 2.80. The van der Waals surface area contributed by atoms with E-state index in [1.165, 1.54) is 24.1 Å². The number of rotatable bonds is 2. The lowest BCUT2D eigenvalue weighted by Gasteiger charge is -2.30. The number of nitrogens with zero attached hydrogens (tertiary/aromatic N) is 1. The summed E-state index contributed by atoms with van der Waals surface area (Å²) in [7, 11) is 0. The molecule has 1 fully saturated rings. The van der Waals surface area contributed by atoms with Gasteiger partial charge in [-0.05, 0) is 51.3 Å². The smallest absolute Gasteiger partial charge is 0.0486 e. The van der Waals surface area contributed by atoms with Gasteiger partial charge in [-0.1, -0.05) is 0 Å². The molecule has 0 spiro atoms. The zero-order chi connectivity index (χ0) is 10.4. The molecule has 2 heteroatoms. The van der Waals surface area contributed by atoms with E-state index in [1.54, 1.807) is 0 Å². The van der Waals surface area contributed by atoms with Crippen LogP contribution in [0, 0.1) is 6.92 Å². The molecule has 0 unspecified atom stereocenters. The molecule has 2 rings (SSSR count). The van der Waals surface area contributed by atoms with Gasteiger partial charge in [-0.25, -0.2) is 0 Å². The van der Waals surface area contributed by atoms with Crippen LogP contribution in [-0.2, 0) is 5.41 Å². The molecule has 1 heterocycles. The van der Waals surface area contributed by atoms with E-state index >= 15 is 0 Å². The van der Waals surface area contributed by atoms with Crippen LogP contribution in [-0.4, -0.2) is 10.5 Å². The topological polar surface area (TPSA) is 38.9 Å². The van der Waals surface area contributed by atoms with Gasteiger partial charge in [0.15, 0.2) is 0 Å². The average Bonchev–Trinajstić information content (AvgIpc) is 2.82. The molecule has 1 aromatic heterocycles. The van der Waals surface area contributed by atoms with Crippen molar-refractivity contribution >= 4 is 0 Å². The fourth-order valence-electron chi connectivity index (χ4n) is 2.15. The Bertz CT molecular complexity index is 346. The molecule has 0 bridgehead atoms. The van der Waals surface area contributed by atoms with E-state index in [0.29, 0.717) is 0 Å². The van der Waals surface area contributed by atoms with Crippen LogP contribution in [0.3, 0.4) is 0 Å². The predicted octanol–water partition coefficient (Wildman–Crippen LogP) is 2.16. The highest BCUT2D eigenvalue weighted by atomic mass is 14.9. The van der Waals surface area contributed by atoms with E-state index < -0.39 is 0 Å². The first-order valence-electron chi connectivity index (χ1n) is 5.18. The highest BCUT2D eigenvalue weighted by Gasteiger charge is 2.54. The molecule has 0 amide bonds. The van der Waals surface area contributed by atoms with Crippen LogP contribution in [0.5, 0.6) is 0 Å². The number of pyridine rings is 1. The van der Waals surface area contributed by atoms with Crippen LogP contribution in [0.4, 0.5) is 0 Å². The Morgan fingerprint density at radius 1 is 1.43 bits per heavy atom. The van der Waals surface area contributed by atoms with Gasteiger partial charge in [0.25, 0.3) is 0 Å². The van der Waals surface area contributed by atoms with Crippen molar-refractivity contribution in [3.8, 4) is 0 Å². The molecular formula is C12H18N2. The van der Waals surface area contributed by atoms with Crippen LogP contribution in [0.1, 0.15) is 37.9 Å². The first-order valence-corrected chi connectivity index (χ1v) is 5.18. The molecule has 1 aromatic rings. The van der Waals surface area contributed by atoms with Gasteiger partial charge < -0.3 is 5.73 Å². The van der Waals surface area contributed by atoms with Crippen LogP contribution in [0.2, 0.25) is 0 Å². The van der Waals surface area contributed by atoms with Crippen molar-refractivity contribution in [2.75, 3.05) is 0 Å².